The molecule has 2 aromatic rings. The molecule has 1 fully saturated rings. The van der Waals surface area contributed by atoms with Crippen LogP contribution in [0.3, 0.4) is 0 Å². The number of nitrogens with zero attached hydrogens (tertiary/aromatic N) is 2. The van der Waals surface area contributed by atoms with Gasteiger partial charge in [-0.1, -0.05) is 17.7 Å². The number of piperazine rings is 1. The van der Waals surface area contributed by atoms with Gasteiger partial charge in [-0.15, -0.1) is 0 Å². The standard InChI is InChI=1S/C17H17ClN2O/c18-15-2-1-3-17(12-15)20-10-8-19(9-11-20)16-6-4-14(13-21)5-7-16/h1-7,12-13H,8-11H2. The van der Waals surface area contributed by atoms with Crippen molar-refractivity contribution in [1.29, 1.82) is 0 Å². The summed E-state index contributed by atoms with van der Waals surface area (Å²) in [5.41, 5.74) is 3.07. The quantitative estimate of drug-likeness (QED) is 0.811. The summed E-state index contributed by atoms with van der Waals surface area (Å²) in [7, 11) is 0. The summed E-state index contributed by atoms with van der Waals surface area (Å²) in [5.74, 6) is 0. The number of rotatable bonds is 3. The minimum Gasteiger partial charge on any atom is -0.368 e. The van der Waals surface area contributed by atoms with E-state index in [-0.39, 0.29) is 0 Å². The van der Waals surface area contributed by atoms with E-state index in [0.29, 0.717) is 0 Å². The fourth-order valence-corrected chi connectivity index (χ4v) is 2.84. The first-order valence-corrected chi connectivity index (χ1v) is 7.45. The third kappa shape index (κ3) is 3.19. The van der Waals surface area contributed by atoms with Crippen LogP contribution in [0, 0.1) is 0 Å². The van der Waals surface area contributed by atoms with Crippen molar-refractivity contribution in [2.75, 3.05) is 36.0 Å². The van der Waals surface area contributed by atoms with Crippen LogP contribution in [0.2, 0.25) is 5.02 Å². The van der Waals surface area contributed by atoms with Gasteiger partial charge in [-0.2, -0.15) is 0 Å². The largest absolute Gasteiger partial charge is 0.368 e. The SMILES string of the molecule is O=Cc1ccc(N2CCN(c3cccc(Cl)c3)CC2)cc1. The van der Waals surface area contributed by atoms with Gasteiger partial charge in [0.05, 0.1) is 0 Å². The number of hydrogen-bond donors (Lipinski definition) is 0. The average Bonchev–Trinajstić information content (AvgIpc) is 2.55. The number of hydrogen-bond acceptors (Lipinski definition) is 3. The Morgan fingerprint density at radius 3 is 2.05 bits per heavy atom. The van der Waals surface area contributed by atoms with Crippen LogP contribution in [-0.4, -0.2) is 32.5 Å². The highest BCUT2D eigenvalue weighted by Crippen LogP contribution is 2.23. The van der Waals surface area contributed by atoms with E-state index < -0.39 is 0 Å². The Labute approximate surface area is 129 Å². The van der Waals surface area contributed by atoms with Gasteiger partial charge in [-0.05, 0) is 42.5 Å². The van der Waals surface area contributed by atoms with Gasteiger partial charge in [0, 0.05) is 48.1 Å². The van der Waals surface area contributed by atoms with Gasteiger partial charge in [-0.25, -0.2) is 0 Å². The smallest absolute Gasteiger partial charge is 0.150 e. The molecule has 1 saturated heterocycles. The van der Waals surface area contributed by atoms with Gasteiger partial charge >= 0.3 is 0 Å². The second kappa shape index (κ2) is 6.19. The number of anilines is 2. The summed E-state index contributed by atoms with van der Waals surface area (Å²) in [6.07, 6.45) is 0.876. The summed E-state index contributed by atoms with van der Waals surface area (Å²) < 4.78 is 0. The Morgan fingerprint density at radius 1 is 0.857 bits per heavy atom. The first-order chi connectivity index (χ1) is 10.3. The summed E-state index contributed by atoms with van der Waals surface area (Å²) in [5, 5.41) is 0.777. The van der Waals surface area contributed by atoms with Crippen molar-refractivity contribution < 1.29 is 4.79 Å². The Bertz CT molecular complexity index is 619. The topological polar surface area (TPSA) is 23.6 Å². The van der Waals surface area contributed by atoms with Gasteiger partial charge in [0.25, 0.3) is 0 Å². The maximum Gasteiger partial charge on any atom is 0.150 e. The van der Waals surface area contributed by atoms with E-state index in [9.17, 15) is 4.79 Å². The third-order valence-electron chi connectivity index (χ3n) is 3.85. The highest BCUT2D eigenvalue weighted by atomic mass is 35.5. The maximum absolute atomic E-state index is 10.7. The molecule has 0 unspecified atom stereocenters. The molecule has 0 atom stereocenters. The van der Waals surface area contributed by atoms with Crippen molar-refractivity contribution in [3.8, 4) is 0 Å². The second-order valence-electron chi connectivity index (χ2n) is 5.16. The molecule has 0 aromatic heterocycles. The summed E-state index contributed by atoms with van der Waals surface area (Å²) in [6.45, 7) is 3.87. The van der Waals surface area contributed by atoms with Crippen LogP contribution in [0.15, 0.2) is 48.5 Å². The van der Waals surface area contributed by atoms with Gasteiger partial charge in [0.1, 0.15) is 6.29 Å². The molecule has 0 N–H and O–H groups in total. The number of carbonyl (C=O) groups excluding carboxylic acids is 1. The molecule has 21 heavy (non-hydrogen) atoms. The van der Waals surface area contributed by atoms with Crippen LogP contribution >= 0.6 is 11.6 Å². The number of benzene rings is 2. The summed E-state index contributed by atoms with van der Waals surface area (Å²) >= 11 is 6.05. The predicted molar refractivity (Wildman–Crippen MR) is 87.7 cm³/mol. The summed E-state index contributed by atoms with van der Waals surface area (Å²) in [4.78, 5) is 15.4. The molecule has 4 heteroatoms. The van der Waals surface area contributed by atoms with Crippen LogP contribution < -0.4 is 9.80 Å². The molecule has 1 heterocycles. The lowest BCUT2D eigenvalue weighted by atomic mass is 10.2. The zero-order valence-electron chi connectivity index (χ0n) is 11.7. The molecule has 0 radical (unpaired) electrons. The minimum absolute atomic E-state index is 0.719. The minimum atomic E-state index is 0.719. The molecule has 1 aliphatic rings. The second-order valence-corrected chi connectivity index (χ2v) is 5.60. The van der Waals surface area contributed by atoms with Crippen molar-refractivity contribution in [2.24, 2.45) is 0 Å². The Morgan fingerprint density at radius 2 is 1.48 bits per heavy atom. The van der Waals surface area contributed by atoms with Crippen LogP contribution in [0.5, 0.6) is 0 Å². The van der Waals surface area contributed by atoms with Crippen molar-refractivity contribution in [1.82, 2.24) is 0 Å². The fraction of sp³-hybridized carbons (Fsp3) is 0.235. The van der Waals surface area contributed by atoms with Crippen LogP contribution in [0.1, 0.15) is 10.4 Å². The average molecular weight is 301 g/mol. The normalized spacial score (nSPS) is 15.1. The molecule has 1 aliphatic heterocycles. The van der Waals surface area contributed by atoms with Crippen molar-refractivity contribution in [2.45, 2.75) is 0 Å². The molecule has 0 amide bonds. The lowest BCUT2D eigenvalue weighted by Gasteiger charge is -2.37. The van der Waals surface area contributed by atoms with E-state index in [0.717, 1.165) is 43.1 Å². The molecule has 0 bridgehead atoms. The van der Waals surface area contributed by atoms with Crippen LogP contribution in [-0.2, 0) is 0 Å². The highest BCUT2D eigenvalue weighted by molar-refractivity contribution is 6.30. The molecule has 0 spiro atoms. The van der Waals surface area contributed by atoms with E-state index >= 15 is 0 Å². The zero-order valence-corrected chi connectivity index (χ0v) is 12.5. The van der Waals surface area contributed by atoms with Crippen LogP contribution in [0.4, 0.5) is 11.4 Å². The van der Waals surface area contributed by atoms with Crippen molar-refractivity contribution in [3.05, 3.63) is 59.1 Å². The van der Waals surface area contributed by atoms with Crippen LogP contribution in [0.25, 0.3) is 0 Å². The Balaban J connectivity index is 1.65. The number of carbonyl (C=O) groups is 1. The lowest BCUT2D eigenvalue weighted by molar-refractivity contribution is 0.112. The van der Waals surface area contributed by atoms with E-state index in [1.807, 2.05) is 42.5 Å². The zero-order chi connectivity index (χ0) is 14.7. The van der Waals surface area contributed by atoms with Gasteiger partial charge in [0.15, 0.2) is 0 Å². The first-order valence-electron chi connectivity index (χ1n) is 7.07. The molecule has 0 saturated carbocycles. The van der Waals surface area contributed by atoms with E-state index in [1.165, 1.54) is 11.4 Å². The first kappa shape index (κ1) is 14.0. The molecule has 108 valence electrons. The predicted octanol–water partition coefficient (Wildman–Crippen LogP) is 3.48. The molecule has 3 nitrogen and oxygen atoms in total. The number of halogens is 1. The maximum atomic E-state index is 10.7. The molecular formula is C17H17ClN2O. The van der Waals surface area contributed by atoms with Gasteiger partial charge < -0.3 is 9.80 Å². The third-order valence-corrected chi connectivity index (χ3v) is 4.08. The Kier molecular flexibility index (Phi) is 4.11. The van der Waals surface area contributed by atoms with E-state index in [4.69, 9.17) is 11.6 Å². The van der Waals surface area contributed by atoms with Crippen molar-refractivity contribution in [3.63, 3.8) is 0 Å². The molecule has 2 aromatic carbocycles. The highest BCUT2D eigenvalue weighted by Gasteiger charge is 2.17. The molecular weight excluding hydrogens is 284 g/mol. The van der Waals surface area contributed by atoms with E-state index in [2.05, 4.69) is 15.9 Å². The van der Waals surface area contributed by atoms with Crippen molar-refractivity contribution >= 4 is 29.3 Å². The Hall–Kier alpha value is -2.00. The molecule has 0 aliphatic carbocycles. The monoisotopic (exact) mass is 300 g/mol. The number of aldehydes is 1. The van der Waals surface area contributed by atoms with Gasteiger partial charge in [0.2, 0.25) is 0 Å². The molecule has 3 rings (SSSR count). The summed E-state index contributed by atoms with van der Waals surface area (Å²) in [6, 6.07) is 15.8. The fourth-order valence-electron chi connectivity index (χ4n) is 2.66. The van der Waals surface area contributed by atoms with E-state index in [1.54, 1.807) is 0 Å². The lowest BCUT2D eigenvalue weighted by Crippen LogP contribution is -2.46. The van der Waals surface area contributed by atoms with Gasteiger partial charge in [-0.3, -0.25) is 4.79 Å².